The highest BCUT2D eigenvalue weighted by molar-refractivity contribution is 6.04. The van der Waals surface area contributed by atoms with Crippen LogP contribution in [0.25, 0.3) is 11.0 Å². The summed E-state index contributed by atoms with van der Waals surface area (Å²) in [5.41, 5.74) is 2.82. The number of dihydropyridines is 1. The standard InChI is InChI=1S/C25H25NO5/c1-14-21(25(29)31-15-7-2-3-8-15)22(23-18(26-14)10-6-11-19(23)27)17-13-30-20-12-5-4-9-16(20)24(17)28/h4-5,9,12-13,15,22,26H,2-3,6-8,10-11H2,1H3/t22-/m1/s1. The summed E-state index contributed by atoms with van der Waals surface area (Å²) in [7, 11) is 0. The molecule has 1 atom stereocenters. The van der Waals surface area contributed by atoms with E-state index in [4.69, 9.17) is 9.15 Å². The summed E-state index contributed by atoms with van der Waals surface area (Å²) >= 11 is 0. The van der Waals surface area contributed by atoms with Crippen LogP contribution >= 0.6 is 0 Å². The molecule has 5 rings (SSSR count). The van der Waals surface area contributed by atoms with Gasteiger partial charge >= 0.3 is 5.97 Å². The van der Waals surface area contributed by atoms with Gasteiger partial charge in [-0.25, -0.2) is 4.79 Å². The van der Waals surface area contributed by atoms with Gasteiger partial charge in [-0.1, -0.05) is 12.1 Å². The summed E-state index contributed by atoms with van der Waals surface area (Å²) in [6.45, 7) is 1.81. The van der Waals surface area contributed by atoms with E-state index in [9.17, 15) is 14.4 Å². The fourth-order valence-corrected chi connectivity index (χ4v) is 5.08. The van der Waals surface area contributed by atoms with Crippen molar-refractivity contribution in [1.82, 2.24) is 5.32 Å². The summed E-state index contributed by atoms with van der Waals surface area (Å²) in [6, 6.07) is 7.01. The first-order chi connectivity index (χ1) is 15.0. The molecule has 160 valence electrons. The SMILES string of the molecule is CC1=C(C(=O)OC2CCCC2)[C@@H](c2coc3ccccc3c2=O)C2=C(CCCC2=O)N1. The second-order valence-corrected chi connectivity index (χ2v) is 8.59. The number of rotatable bonds is 3. The maximum atomic E-state index is 13.4. The van der Waals surface area contributed by atoms with Crippen LogP contribution in [0.2, 0.25) is 0 Å². The molecule has 0 unspecified atom stereocenters. The van der Waals surface area contributed by atoms with Crippen molar-refractivity contribution in [3.8, 4) is 0 Å². The largest absolute Gasteiger partial charge is 0.464 e. The molecule has 1 aromatic carbocycles. The highest BCUT2D eigenvalue weighted by Crippen LogP contribution is 2.42. The van der Waals surface area contributed by atoms with Crippen LogP contribution < -0.4 is 10.7 Å². The van der Waals surface area contributed by atoms with Crippen LogP contribution in [-0.4, -0.2) is 17.9 Å². The summed E-state index contributed by atoms with van der Waals surface area (Å²) in [4.78, 5) is 39.8. The van der Waals surface area contributed by atoms with Crippen molar-refractivity contribution in [3.63, 3.8) is 0 Å². The number of esters is 1. The van der Waals surface area contributed by atoms with E-state index in [1.54, 1.807) is 24.3 Å². The molecular formula is C25H25NO5. The highest BCUT2D eigenvalue weighted by atomic mass is 16.5. The van der Waals surface area contributed by atoms with Crippen LogP contribution in [0.15, 0.2) is 62.3 Å². The molecule has 1 fully saturated rings. The maximum absolute atomic E-state index is 13.4. The Morgan fingerprint density at radius 3 is 2.68 bits per heavy atom. The van der Waals surface area contributed by atoms with E-state index in [0.717, 1.165) is 37.8 Å². The third-order valence-electron chi connectivity index (χ3n) is 6.59. The molecule has 0 radical (unpaired) electrons. The third-order valence-corrected chi connectivity index (χ3v) is 6.59. The lowest BCUT2D eigenvalue weighted by Gasteiger charge is -2.34. The number of allylic oxidation sites excluding steroid dienone is 3. The first kappa shape index (κ1) is 19.8. The van der Waals surface area contributed by atoms with Gasteiger partial charge in [0.15, 0.2) is 11.2 Å². The Bertz CT molecular complexity index is 1200. The zero-order valence-corrected chi connectivity index (χ0v) is 17.5. The number of carbonyl (C=O) groups excluding carboxylic acids is 2. The molecule has 1 N–H and O–H groups in total. The minimum absolute atomic E-state index is 0.0371. The highest BCUT2D eigenvalue weighted by Gasteiger charge is 2.41. The van der Waals surface area contributed by atoms with Gasteiger partial charge in [0.2, 0.25) is 0 Å². The van der Waals surface area contributed by atoms with E-state index in [-0.39, 0.29) is 17.3 Å². The third kappa shape index (κ3) is 3.40. The number of Topliss-reactive ketones (excluding diaryl/α,β-unsaturated/α-hetero) is 1. The number of benzene rings is 1. The van der Waals surface area contributed by atoms with Crippen molar-refractivity contribution in [3.05, 3.63) is 68.9 Å². The number of nitrogens with one attached hydrogen (secondary N) is 1. The molecule has 3 aliphatic rings. The molecule has 2 aliphatic carbocycles. The first-order valence-electron chi connectivity index (χ1n) is 11.0. The number of ether oxygens (including phenoxy) is 1. The van der Waals surface area contributed by atoms with Crippen molar-refractivity contribution < 1.29 is 18.7 Å². The number of para-hydroxylation sites is 1. The molecular weight excluding hydrogens is 394 g/mol. The minimum atomic E-state index is -0.779. The summed E-state index contributed by atoms with van der Waals surface area (Å²) < 4.78 is 11.6. The van der Waals surface area contributed by atoms with E-state index >= 15 is 0 Å². The summed E-state index contributed by atoms with van der Waals surface area (Å²) in [5.74, 6) is -1.27. The number of ketones is 1. The Labute approximate surface area is 180 Å². The molecule has 0 saturated heterocycles. The van der Waals surface area contributed by atoms with Gasteiger partial charge in [-0.3, -0.25) is 9.59 Å². The van der Waals surface area contributed by atoms with Gasteiger partial charge in [-0.2, -0.15) is 0 Å². The lowest BCUT2D eigenvalue weighted by molar-refractivity contribution is -0.144. The van der Waals surface area contributed by atoms with Crippen molar-refractivity contribution in [2.45, 2.75) is 63.9 Å². The van der Waals surface area contributed by atoms with Gasteiger partial charge in [0.05, 0.1) is 23.1 Å². The number of hydrogen-bond donors (Lipinski definition) is 1. The van der Waals surface area contributed by atoms with E-state index in [0.29, 0.717) is 46.2 Å². The van der Waals surface area contributed by atoms with Crippen LogP contribution in [0.3, 0.4) is 0 Å². The molecule has 0 spiro atoms. The van der Waals surface area contributed by atoms with Gasteiger partial charge in [-0.05, 0) is 57.6 Å². The second-order valence-electron chi connectivity index (χ2n) is 8.59. The van der Waals surface area contributed by atoms with Crippen LogP contribution in [0.5, 0.6) is 0 Å². The van der Waals surface area contributed by atoms with E-state index in [1.165, 1.54) is 6.26 Å². The molecule has 1 saturated carbocycles. The first-order valence-corrected chi connectivity index (χ1v) is 11.0. The molecule has 31 heavy (non-hydrogen) atoms. The van der Waals surface area contributed by atoms with Crippen molar-refractivity contribution in [1.29, 1.82) is 0 Å². The van der Waals surface area contributed by atoms with Crippen molar-refractivity contribution in [2.75, 3.05) is 0 Å². The van der Waals surface area contributed by atoms with Crippen LogP contribution in [0, 0.1) is 0 Å². The van der Waals surface area contributed by atoms with Crippen LogP contribution in [0.1, 0.15) is 63.4 Å². The number of hydrogen-bond acceptors (Lipinski definition) is 6. The molecule has 6 heteroatoms. The molecule has 0 bridgehead atoms. The number of fused-ring (bicyclic) bond motifs is 1. The van der Waals surface area contributed by atoms with Gasteiger partial charge in [-0.15, -0.1) is 0 Å². The van der Waals surface area contributed by atoms with E-state index in [2.05, 4.69) is 5.32 Å². The van der Waals surface area contributed by atoms with Crippen molar-refractivity contribution in [2.24, 2.45) is 0 Å². The van der Waals surface area contributed by atoms with Crippen LogP contribution in [0.4, 0.5) is 0 Å². The molecule has 1 aromatic heterocycles. The Balaban J connectivity index is 1.66. The molecule has 6 nitrogen and oxygen atoms in total. The zero-order valence-electron chi connectivity index (χ0n) is 17.5. The van der Waals surface area contributed by atoms with E-state index in [1.807, 2.05) is 6.92 Å². The average molecular weight is 419 g/mol. The Morgan fingerprint density at radius 1 is 1.10 bits per heavy atom. The van der Waals surface area contributed by atoms with Gasteiger partial charge in [0.1, 0.15) is 11.7 Å². The summed E-state index contributed by atoms with van der Waals surface area (Å²) in [6.07, 6.45) is 6.93. The molecule has 2 aromatic rings. The smallest absolute Gasteiger partial charge is 0.337 e. The summed E-state index contributed by atoms with van der Waals surface area (Å²) in [5, 5.41) is 3.70. The quantitative estimate of drug-likeness (QED) is 0.749. The van der Waals surface area contributed by atoms with Gasteiger partial charge < -0.3 is 14.5 Å². The monoisotopic (exact) mass is 419 g/mol. The fourth-order valence-electron chi connectivity index (χ4n) is 5.08. The van der Waals surface area contributed by atoms with Crippen molar-refractivity contribution >= 4 is 22.7 Å². The van der Waals surface area contributed by atoms with Crippen LogP contribution in [-0.2, 0) is 14.3 Å². The Hall–Kier alpha value is -3.15. The predicted octanol–water partition coefficient (Wildman–Crippen LogP) is 4.25. The normalized spacial score (nSPS) is 22.0. The number of carbonyl (C=O) groups is 2. The minimum Gasteiger partial charge on any atom is -0.464 e. The molecule has 2 heterocycles. The van der Waals surface area contributed by atoms with Gasteiger partial charge in [0, 0.05) is 29.0 Å². The topological polar surface area (TPSA) is 85.6 Å². The maximum Gasteiger partial charge on any atom is 0.337 e. The predicted molar refractivity (Wildman–Crippen MR) is 115 cm³/mol. The molecule has 0 amide bonds. The lowest BCUT2D eigenvalue weighted by atomic mass is 9.75. The Morgan fingerprint density at radius 2 is 1.87 bits per heavy atom. The lowest BCUT2D eigenvalue weighted by Crippen LogP contribution is -2.36. The van der Waals surface area contributed by atoms with Gasteiger partial charge in [0.25, 0.3) is 0 Å². The average Bonchev–Trinajstić information content (AvgIpc) is 3.26. The zero-order chi connectivity index (χ0) is 21.5. The second kappa shape index (κ2) is 7.84. The fraction of sp³-hybridized carbons (Fsp3) is 0.400. The Kier molecular flexibility index (Phi) is 5.00. The molecule has 1 aliphatic heterocycles. The van der Waals surface area contributed by atoms with E-state index < -0.39 is 11.9 Å².